The summed E-state index contributed by atoms with van der Waals surface area (Å²) in [6.45, 7) is 1.35. The molecule has 0 saturated carbocycles. The molecular formula is C19H18N2O2. The van der Waals surface area contributed by atoms with Gasteiger partial charge in [-0.15, -0.1) is 0 Å². The zero-order chi connectivity index (χ0) is 16.1. The summed E-state index contributed by atoms with van der Waals surface area (Å²) in [7, 11) is 0. The first-order valence-corrected chi connectivity index (χ1v) is 7.59. The number of hydrogen-bond donors (Lipinski definition) is 1. The summed E-state index contributed by atoms with van der Waals surface area (Å²) < 4.78 is 0. The fourth-order valence-corrected chi connectivity index (χ4v) is 2.58. The van der Waals surface area contributed by atoms with Gasteiger partial charge in [-0.3, -0.25) is 0 Å². The van der Waals surface area contributed by atoms with Gasteiger partial charge in [-0.2, -0.15) is 0 Å². The summed E-state index contributed by atoms with van der Waals surface area (Å²) in [6, 6.07) is 18.0. The van der Waals surface area contributed by atoms with E-state index in [1.165, 1.54) is 17.9 Å². The highest BCUT2D eigenvalue weighted by Crippen LogP contribution is 2.20. The molecular weight excluding hydrogens is 288 g/mol. The third kappa shape index (κ3) is 3.66. The number of para-hydroxylation sites is 1. The lowest BCUT2D eigenvalue weighted by Gasteiger charge is -2.06. The smallest absolute Gasteiger partial charge is 0.331 e. The molecule has 0 unspecified atom stereocenters. The number of aryl methyl sites for hydroxylation is 1. The van der Waals surface area contributed by atoms with E-state index in [9.17, 15) is 4.79 Å². The fraction of sp³-hybridized carbons (Fsp3) is 0.158. The van der Waals surface area contributed by atoms with Crippen molar-refractivity contribution in [1.82, 2.24) is 4.98 Å². The third-order valence-electron chi connectivity index (χ3n) is 3.70. The molecule has 1 aromatic heterocycles. The Morgan fingerprint density at radius 2 is 1.83 bits per heavy atom. The van der Waals surface area contributed by atoms with Crippen molar-refractivity contribution in [1.29, 1.82) is 0 Å². The molecule has 0 fully saturated rings. The Morgan fingerprint density at radius 1 is 1.09 bits per heavy atom. The van der Waals surface area contributed by atoms with Gasteiger partial charge in [-0.1, -0.05) is 53.7 Å². The van der Waals surface area contributed by atoms with Crippen LogP contribution in [-0.2, 0) is 16.1 Å². The second-order valence-corrected chi connectivity index (χ2v) is 5.35. The minimum atomic E-state index is -0.412. The Balaban J connectivity index is 1.81. The van der Waals surface area contributed by atoms with Crippen LogP contribution >= 0.6 is 0 Å². The van der Waals surface area contributed by atoms with E-state index in [1.807, 2.05) is 48.7 Å². The Morgan fingerprint density at radius 3 is 2.61 bits per heavy atom. The molecule has 0 amide bonds. The molecule has 0 bridgehead atoms. The molecule has 4 nitrogen and oxygen atoms in total. The number of H-pyrrole nitrogens is 1. The summed E-state index contributed by atoms with van der Waals surface area (Å²) in [5.41, 5.74) is 4.09. The van der Waals surface area contributed by atoms with E-state index in [1.54, 1.807) is 0 Å². The van der Waals surface area contributed by atoms with Crippen LogP contribution in [0.4, 0.5) is 0 Å². The maximum Gasteiger partial charge on any atom is 0.331 e. The molecule has 3 rings (SSSR count). The van der Waals surface area contributed by atoms with Gasteiger partial charge in [0.15, 0.2) is 0 Å². The van der Waals surface area contributed by atoms with E-state index in [4.69, 9.17) is 4.84 Å². The van der Waals surface area contributed by atoms with Crippen molar-refractivity contribution in [2.75, 3.05) is 0 Å². The van der Waals surface area contributed by atoms with Crippen LogP contribution in [0.2, 0.25) is 0 Å². The van der Waals surface area contributed by atoms with Crippen LogP contribution < -0.4 is 0 Å². The summed E-state index contributed by atoms with van der Waals surface area (Å²) in [5, 5.41) is 5.25. The third-order valence-corrected chi connectivity index (χ3v) is 3.70. The fourth-order valence-electron chi connectivity index (χ4n) is 2.58. The van der Waals surface area contributed by atoms with Gasteiger partial charge in [0.2, 0.25) is 0 Å². The molecule has 1 N–H and O–H groups in total. The predicted molar refractivity (Wildman–Crippen MR) is 91.4 cm³/mol. The monoisotopic (exact) mass is 306 g/mol. The van der Waals surface area contributed by atoms with Crippen LogP contribution in [0.5, 0.6) is 0 Å². The van der Waals surface area contributed by atoms with E-state index in [0.29, 0.717) is 6.42 Å². The Kier molecular flexibility index (Phi) is 4.52. The van der Waals surface area contributed by atoms with Crippen LogP contribution in [0.25, 0.3) is 10.9 Å². The Labute approximate surface area is 134 Å². The number of nitrogens with one attached hydrogen (secondary N) is 1. The standard InChI is InChI=1S/C19H18N2O2/c1-14(22)23-21-18(15-7-3-2-4-8-15)12-11-16-13-20-19-10-6-5-9-17(16)19/h2-10,13,20H,11-12H2,1H3/b21-18-. The average molecular weight is 306 g/mol. The highest BCUT2D eigenvalue weighted by Gasteiger charge is 2.09. The molecule has 0 spiro atoms. The van der Waals surface area contributed by atoms with Crippen molar-refractivity contribution in [2.45, 2.75) is 19.8 Å². The van der Waals surface area contributed by atoms with Crippen LogP contribution in [-0.4, -0.2) is 16.7 Å². The second-order valence-electron chi connectivity index (χ2n) is 5.35. The number of aromatic nitrogens is 1. The van der Waals surface area contributed by atoms with Crippen molar-refractivity contribution in [3.63, 3.8) is 0 Å². The molecule has 0 aliphatic rings. The van der Waals surface area contributed by atoms with Gasteiger partial charge in [0.1, 0.15) is 0 Å². The van der Waals surface area contributed by atoms with Crippen LogP contribution in [0, 0.1) is 0 Å². The second kappa shape index (κ2) is 6.92. The zero-order valence-electron chi connectivity index (χ0n) is 13.0. The van der Waals surface area contributed by atoms with Crippen molar-refractivity contribution < 1.29 is 9.63 Å². The molecule has 4 heteroatoms. The first kappa shape index (κ1) is 15.0. The van der Waals surface area contributed by atoms with Gasteiger partial charge in [0.05, 0.1) is 5.71 Å². The van der Waals surface area contributed by atoms with E-state index < -0.39 is 5.97 Å². The number of hydrogen-bond acceptors (Lipinski definition) is 3. The Bertz CT molecular complexity index is 835. The summed E-state index contributed by atoms with van der Waals surface area (Å²) in [4.78, 5) is 19.2. The number of rotatable bonds is 5. The number of carbonyl (C=O) groups is 1. The number of aromatic amines is 1. The van der Waals surface area contributed by atoms with Crippen molar-refractivity contribution in [3.8, 4) is 0 Å². The first-order chi connectivity index (χ1) is 11.2. The van der Waals surface area contributed by atoms with Gasteiger partial charge in [0.25, 0.3) is 0 Å². The molecule has 0 atom stereocenters. The van der Waals surface area contributed by atoms with E-state index in [2.05, 4.69) is 22.3 Å². The molecule has 0 saturated heterocycles. The van der Waals surface area contributed by atoms with Crippen LogP contribution in [0.3, 0.4) is 0 Å². The lowest BCUT2D eigenvalue weighted by molar-refractivity contribution is -0.140. The SMILES string of the molecule is CC(=O)O/N=C(/CCc1c[nH]c2ccccc12)c1ccccc1. The van der Waals surface area contributed by atoms with Crippen LogP contribution in [0.1, 0.15) is 24.5 Å². The van der Waals surface area contributed by atoms with E-state index in [0.717, 1.165) is 23.2 Å². The minimum Gasteiger partial charge on any atom is -0.361 e. The maximum atomic E-state index is 11.1. The van der Waals surface area contributed by atoms with Crippen molar-refractivity contribution in [2.24, 2.45) is 5.16 Å². The number of oxime groups is 1. The zero-order valence-corrected chi connectivity index (χ0v) is 13.0. The first-order valence-electron chi connectivity index (χ1n) is 7.59. The molecule has 23 heavy (non-hydrogen) atoms. The minimum absolute atomic E-state index is 0.412. The molecule has 0 aliphatic heterocycles. The molecule has 1 heterocycles. The molecule has 3 aromatic rings. The summed E-state index contributed by atoms with van der Waals surface area (Å²) >= 11 is 0. The molecule has 116 valence electrons. The summed E-state index contributed by atoms with van der Waals surface area (Å²) in [6.07, 6.45) is 3.54. The molecule has 0 aliphatic carbocycles. The van der Waals surface area contributed by atoms with Gasteiger partial charge in [-0.25, -0.2) is 4.79 Å². The van der Waals surface area contributed by atoms with Gasteiger partial charge < -0.3 is 9.82 Å². The predicted octanol–water partition coefficient (Wildman–Crippen LogP) is 4.07. The molecule has 2 aromatic carbocycles. The average Bonchev–Trinajstić information content (AvgIpc) is 2.99. The quantitative estimate of drug-likeness (QED) is 0.439. The number of nitrogens with zero attached hydrogens (tertiary/aromatic N) is 1. The Hall–Kier alpha value is -2.88. The topological polar surface area (TPSA) is 54.4 Å². The summed E-state index contributed by atoms with van der Waals surface area (Å²) in [5.74, 6) is -0.412. The number of fused-ring (bicyclic) bond motifs is 1. The number of benzene rings is 2. The van der Waals surface area contributed by atoms with Gasteiger partial charge in [0, 0.05) is 24.0 Å². The lowest BCUT2D eigenvalue weighted by Crippen LogP contribution is -2.05. The van der Waals surface area contributed by atoms with E-state index in [-0.39, 0.29) is 0 Å². The maximum absolute atomic E-state index is 11.1. The van der Waals surface area contributed by atoms with Crippen molar-refractivity contribution in [3.05, 3.63) is 71.9 Å². The van der Waals surface area contributed by atoms with Crippen molar-refractivity contribution >= 4 is 22.6 Å². The van der Waals surface area contributed by atoms with Gasteiger partial charge in [-0.05, 0) is 30.0 Å². The van der Waals surface area contributed by atoms with Gasteiger partial charge >= 0.3 is 5.97 Å². The number of carbonyl (C=O) groups excluding carboxylic acids is 1. The molecule has 0 radical (unpaired) electrons. The largest absolute Gasteiger partial charge is 0.361 e. The normalized spacial score (nSPS) is 11.6. The van der Waals surface area contributed by atoms with E-state index >= 15 is 0 Å². The lowest BCUT2D eigenvalue weighted by atomic mass is 10.0. The highest BCUT2D eigenvalue weighted by molar-refractivity contribution is 6.00. The van der Waals surface area contributed by atoms with Crippen LogP contribution in [0.15, 0.2) is 65.9 Å². The highest BCUT2D eigenvalue weighted by atomic mass is 16.7.